The van der Waals surface area contributed by atoms with Gasteiger partial charge in [0, 0.05) is 24.2 Å². The van der Waals surface area contributed by atoms with Crippen molar-refractivity contribution in [1.29, 1.82) is 0 Å². The van der Waals surface area contributed by atoms with E-state index in [-0.39, 0.29) is 23.4 Å². The van der Waals surface area contributed by atoms with E-state index in [0.29, 0.717) is 16.8 Å². The predicted octanol–water partition coefficient (Wildman–Crippen LogP) is 4.28. The van der Waals surface area contributed by atoms with Gasteiger partial charge in [-0.15, -0.1) is 0 Å². The van der Waals surface area contributed by atoms with Crippen LogP contribution >= 0.6 is 0 Å². The highest BCUT2D eigenvalue weighted by Crippen LogP contribution is 2.32. The Morgan fingerprint density at radius 3 is 2.27 bits per heavy atom. The first-order chi connectivity index (χ1) is 14.3. The molecular weight excluding hydrogens is 388 g/mol. The molecule has 8 nitrogen and oxygen atoms in total. The highest BCUT2D eigenvalue weighted by Gasteiger charge is 2.20. The molecule has 154 valence electrons. The van der Waals surface area contributed by atoms with Gasteiger partial charge in [-0.25, -0.2) is 4.79 Å². The number of nitrogens with one attached hydrogen (secondary N) is 1. The number of aromatic carboxylic acids is 1. The van der Waals surface area contributed by atoms with E-state index in [9.17, 15) is 25.1 Å². The molecule has 4 N–H and O–H groups in total. The third-order valence-electron chi connectivity index (χ3n) is 4.69. The SMILES string of the molecule is O=C(O)c1ccc(NC(CC(O)c2ccc(O)cc2)c2cccc([N+](=O)[O-])c2)cc1. The quantitative estimate of drug-likeness (QED) is 0.323. The Hall–Kier alpha value is -3.91. The van der Waals surface area contributed by atoms with Crippen molar-refractivity contribution >= 4 is 17.3 Å². The summed E-state index contributed by atoms with van der Waals surface area (Å²) in [7, 11) is 0. The van der Waals surface area contributed by atoms with Crippen LogP contribution in [0.3, 0.4) is 0 Å². The lowest BCUT2D eigenvalue weighted by atomic mass is 9.96. The Balaban J connectivity index is 1.89. The van der Waals surface area contributed by atoms with Gasteiger partial charge in [-0.3, -0.25) is 10.1 Å². The molecule has 0 saturated carbocycles. The van der Waals surface area contributed by atoms with E-state index < -0.39 is 23.0 Å². The number of nitrogens with zero attached hydrogens (tertiary/aromatic N) is 1. The monoisotopic (exact) mass is 408 g/mol. The molecule has 0 aliphatic rings. The van der Waals surface area contributed by atoms with Crippen molar-refractivity contribution in [3.05, 3.63) is 99.6 Å². The molecule has 0 fully saturated rings. The second kappa shape index (κ2) is 9.06. The van der Waals surface area contributed by atoms with Crippen LogP contribution in [0.1, 0.15) is 40.1 Å². The van der Waals surface area contributed by atoms with Gasteiger partial charge in [0.1, 0.15) is 5.75 Å². The van der Waals surface area contributed by atoms with Crippen LogP contribution in [-0.2, 0) is 0 Å². The van der Waals surface area contributed by atoms with Crippen molar-refractivity contribution in [2.75, 3.05) is 5.32 Å². The van der Waals surface area contributed by atoms with E-state index in [1.165, 1.54) is 36.4 Å². The number of phenols is 1. The number of benzene rings is 3. The van der Waals surface area contributed by atoms with Crippen molar-refractivity contribution in [3.63, 3.8) is 0 Å². The number of nitro groups is 1. The summed E-state index contributed by atoms with van der Waals surface area (Å²) in [6.45, 7) is 0. The van der Waals surface area contributed by atoms with Gasteiger partial charge in [0.25, 0.3) is 5.69 Å². The van der Waals surface area contributed by atoms with E-state index in [2.05, 4.69) is 5.32 Å². The number of hydrogen-bond donors (Lipinski definition) is 4. The average molecular weight is 408 g/mol. The Labute approximate surface area is 172 Å². The smallest absolute Gasteiger partial charge is 0.335 e. The summed E-state index contributed by atoms with van der Waals surface area (Å²) in [5.41, 5.74) is 1.86. The van der Waals surface area contributed by atoms with Crippen LogP contribution in [0.25, 0.3) is 0 Å². The maximum Gasteiger partial charge on any atom is 0.335 e. The Morgan fingerprint density at radius 2 is 1.67 bits per heavy atom. The van der Waals surface area contributed by atoms with Gasteiger partial charge in [-0.1, -0.05) is 24.3 Å². The van der Waals surface area contributed by atoms with Crippen LogP contribution in [0, 0.1) is 10.1 Å². The highest BCUT2D eigenvalue weighted by molar-refractivity contribution is 5.88. The zero-order chi connectivity index (χ0) is 21.7. The summed E-state index contributed by atoms with van der Waals surface area (Å²) in [4.78, 5) is 21.7. The van der Waals surface area contributed by atoms with E-state index in [0.717, 1.165) is 0 Å². The van der Waals surface area contributed by atoms with Gasteiger partial charge in [-0.05, 0) is 47.5 Å². The molecule has 0 bridgehead atoms. The third kappa shape index (κ3) is 5.12. The summed E-state index contributed by atoms with van der Waals surface area (Å²) in [5.74, 6) is -0.961. The van der Waals surface area contributed by atoms with Crippen molar-refractivity contribution in [2.45, 2.75) is 18.6 Å². The number of carbonyl (C=O) groups is 1. The van der Waals surface area contributed by atoms with E-state index in [1.807, 2.05) is 0 Å². The molecule has 2 atom stereocenters. The van der Waals surface area contributed by atoms with Gasteiger partial charge in [0.05, 0.1) is 22.6 Å². The zero-order valence-corrected chi connectivity index (χ0v) is 15.8. The van der Waals surface area contributed by atoms with E-state index in [4.69, 9.17) is 5.11 Å². The maximum atomic E-state index is 11.2. The molecule has 2 unspecified atom stereocenters. The van der Waals surface area contributed by atoms with Crippen LogP contribution in [-0.4, -0.2) is 26.2 Å². The molecule has 3 aromatic rings. The second-order valence-corrected chi connectivity index (χ2v) is 6.77. The number of aliphatic hydroxyl groups is 1. The van der Waals surface area contributed by atoms with Crippen molar-refractivity contribution < 1.29 is 25.0 Å². The topological polar surface area (TPSA) is 133 Å². The molecule has 0 saturated heterocycles. The normalized spacial score (nSPS) is 12.7. The van der Waals surface area contributed by atoms with Gasteiger partial charge in [0.2, 0.25) is 0 Å². The van der Waals surface area contributed by atoms with Gasteiger partial charge in [-0.2, -0.15) is 0 Å². The summed E-state index contributed by atoms with van der Waals surface area (Å²) < 4.78 is 0. The van der Waals surface area contributed by atoms with Gasteiger partial charge < -0.3 is 20.6 Å². The number of carboxylic acid groups (broad SMARTS) is 1. The predicted molar refractivity (Wildman–Crippen MR) is 111 cm³/mol. The first-order valence-corrected chi connectivity index (χ1v) is 9.14. The lowest BCUT2D eigenvalue weighted by Crippen LogP contribution is -2.15. The fourth-order valence-electron chi connectivity index (χ4n) is 3.10. The largest absolute Gasteiger partial charge is 0.508 e. The van der Waals surface area contributed by atoms with Crippen molar-refractivity contribution in [1.82, 2.24) is 0 Å². The number of anilines is 1. The molecule has 0 aromatic heterocycles. The number of rotatable bonds is 8. The van der Waals surface area contributed by atoms with Crippen molar-refractivity contribution in [3.8, 4) is 5.75 Å². The molecule has 0 aliphatic carbocycles. The number of aliphatic hydroxyl groups excluding tert-OH is 1. The molecule has 0 radical (unpaired) electrons. The van der Waals surface area contributed by atoms with Crippen LogP contribution in [0.2, 0.25) is 0 Å². The summed E-state index contributed by atoms with van der Waals surface area (Å²) >= 11 is 0. The molecule has 0 amide bonds. The number of phenolic OH excluding ortho intramolecular Hbond substituents is 1. The Kier molecular flexibility index (Phi) is 6.29. The van der Waals surface area contributed by atoms with Crippen molar-refractivity contribution in [2.24, 2.45) is 0 Å². The Bertz CT molecular complexity index is 1030. The first kappa shape index (κ1) is 20.8. The second-order valence-electron chi connectivity index (χ2n) is 6.77. The highest BCUT2D eigenvalue weighted by atomic mass is 16.6. The average Bonchev–Trinajstić information content (AvgIpc) is 2.74. The number of non-ortho nitro benzene ring substituents is 1. The summed E-state index contributed by atoms with van der Waals surface area (Å²) in [5, 5.41) is 43.6. The summed E-state index contributed by atoms with van der Waals surface area (Å²) in [6.07, 6.45) is -0.715. The van der Waals surface area contributed by atoms with Crippen LogP contribution in [0.4, 0.5) is 11.4 Å². The lowest BCUT2D eigenvalue weighted by molar-refractivity contribution is -0.384. The minimum absolute atomic E-state index is 0.0698. The number of hydrogen-bond acceptors (Lipinski definition) is 6. The molecule has 3 aromatic carbocycles. The lowest BCUT2D eigenvalue weighted by Gasteiger charge is -2.23. The molecular formula is C22H20N2O6. The van der Waals surface area contributed by atoms with Gasteiger partial charge >= 0.3 is 5.97 Å². The molecule has 30 heavy (non-hydrogen) atoms. The molecule has 8 heteroatoms. The minimum Gasteiger partial charge on any atom is -0.508 e. The van der Waals surface area contributed by atoms with E-state index in [1.54, 1.807) is 36.4 Å². The van der Waals surface area contributed by atoms with Crippen LogP contribution in [0.15, 0.2) is 72.8 Å². The summed E-state index contributed by atoms with van der Waals surface area (Å²) in [6, 6.07) is 17.9. The zero-order valence-electron chi connectivity index (χ0n) is 15.8. The standard InChI is InChI=1S/C22H20N2O6/c25-19-10-6-14(7-11-19)21(26)13-20(16-2-1-3-18(12-16)24(29)30)23-17-8-4-15(5-9-17)22(27)28/h1-12,20-21,23,25-26H,13H2,(H,27,28). The first-order valence-electron chi connectivity index (χ1n) is 9.14. The number of nitro benzene ring substituents is 1. The fourth-order valence-corrected chi connectivity index (χ4v) is 3.10. The molecule has 0 spiro atoms. The molecule has 0 heterocycles. The van der Waals surface area contributed by atoms with E-state index >= 15 is 0 Å². The number of aromatic hydroxyl groups is 1. The van der Waals surface area contributed by atoms with Gasteiger partial charge in [0.15, 0.2) is 0 Å². The Morgan fingerprint density at radius 1 is 1.00 bits per heavy atom. The molecule has 3 rings (SSSR count). The molecule has 0 aliphatic heterocycles. The van der Waals surface area contributed by atoms with Crippen LogP contribution in [0.5, 0.6) is 5.75 Å². The number of carboxylic acids is 1. The maximum absolute atomic E-state index is 11.2. The minimum atomic E-state index is -1.04. The fraction of sp³-hybridized carbons (Fsp3) is 0.136. The third-order valence-corrected chi connectivity index (χ3v) is 4.69. The van der Waals surface area contributed by atoms with Crippen LogP contribution < -0.4 is 5.32 Å².